The van der Waals surface area contributed by atoms with Crippen molar-refractivity contribution in [2.45, 2.75) is 19.4 Å². The van der Waals surface area contributed by atoms with E-state index in [1.165, 1.54) is 6.92 Å². The number of carbonyl (C=O) groups is 3. The van der Waals surface area contributed by atoms with Crippen molar-refractivity contribution in [3.05, 3.63) is 30.3 Å². The summed E-state index contributed by atoms with van der Waals surface area (Å²) in [5.41, 5.74) is 0.778. The number of aliphatic carboxylic acids is 1. The molecule has 2 atom stereocenters. The molecule has 1 saturated heterocycles. The Balaban J connectivity index is 2.02. The average Bonchev–Trinajstić information content (AvgIpc) is 2.80. The number of hydrogen-bond donors (Lipinski definition) is 2. The SMILES string of the molecule is CC(C(=O)O)C(=O)NC1CCN(c2ccccc2)C1=O. The maximum absolute atomic E-state index is 12.2. The van der Waals surface area contributed by atoms with Crippen molar-refractivity contribution in [3.8, 4) is 0 Å². The molecule has 0 aliphatic carbocycles. The Kier molecular flexibility index (Phi) is 4.02. The van der Waals surface area contributed by atoms with Gasteiger partial charge < -0.3 is 15.3 Å². The first-order valence-corrected chi connectivity index (χ1v) is 6.40. The summed E-state index contributed by atoms with van der Waals surface area (Å²) in [6.45, 7) is 1.81. The number of amides is 2. The van der Waals surface area contributed by atoms with E-state index in [0.29, 0.717) is 13.0 Å². The van der Waals surface area contributed by atoms with Crippen molar-refractivity contribution in [3.63, 3.8) is 0 Å². The molecule has 0 saturated carbocycles. The van der Waals surface area contributed by atoms with Gasteiger partial charge in [0.2, 0.25) is 11.8 Å². The van der Waals surface area contributed by atoms with E-state index in [-0.39, 0.29) is 5.91 Å². The van der Waals surface area contributed by atoms with Crippen LogP contribution in [0.1, 0.15) is 13.3 Å². The van der Waals surface area contributed by atoms with Crippen LogP contribution in [-0.2, 0) is 14.4 Å². The monoisotopic (exact) mass is 276 g/mol. The first kappa shape index (κ1) is 14.0. The molecule has 1 fully saturated rings. The van der Waals surface area contributed by atoms with Crippen LogP contribution in [0.2, 0.25) is 0 Å². The van der Waals surface area contributed by atoms with Crippen LogP contribution in [0.25, 0.3) is 0 Å². The highest BCUT2D eigenvalue weighted by Crippen LogP contribution is 2.21. The molecule has 1 aliphatic heterocycles. The second-order valence-corrected chi connectivity index (χ2v) is 4.74. The zero-order valence-electron chi connectivity index (χ0n) is 11.1. The lowest BCUT2D eigenvalue weighted by molar-refractivity contribution is -0.146. The third-order valence-corrected chi connectivity index (χ3v) is 3.35. The fraction of sp³-hybridized carbons (Fsp3) is 0.357. The van der Waals surface area contributed by atoms with Crippen molar-refractivity contribution in [1.29, 1.82) is 0 Å². The van der Waals surface area contributed by atoms with E-state index >= 15 is 0 Å². The number of carboxylic acid groups (broad SMARTS) is 1. The summed E-state index contributed by atoms with van der Waals surface area (Å²) in [6, 6.07) is 8.52. The van der Waals surface area contributed by atoms with Crippen LogP contribution in [0.4, 0.5) is 5.69 Å². The highest BCUT2D eigenvalue weighted by atomic mass is 16.4. The smallest absolute Gasteiger partial charge is 0.315 e. The lowest BCUT2D eigenvalue weighted by Gasteiger charge is -2.17. The Morgan fingerprint density at radius 1 is 1.35 bits per heavy atom. The van der Waals surface area contributed by atoms with Crippen molar-refractivity contribution >= 4 is 23.5 Å². The van der Waals surface area contributed by atoms with Crippen molar-refractivity contribution in [1.82, 2.24) is 5.32 Å². The quantitative estimate of drug-likeness (QED) is 0.790. The molecule has 0 bridgehead atoms. The van der Waals surface area contributed by atoms with Gasteiger partial charge in [-0.25, -0.2) is 0 Å². The molecule has 106 valence electrons. The van der Waals surface area contributed by atoms with E-state index in [2.05, 4.69) is 5.32 Å². The first-order chi connectivity index (χ1) is 9.50. The average molecular weight is 276 g/mol. The third-order valence-electron chi connectivity index (χ3n) is 3.35. The molecular formula is C14H16N2O4. The minimum Gasteiger partial charge on any atom is -0.481 e. The Hall–Kier alpha value is -2.37. The maximum Gasteiger partial charge on any atom is 0.315 e. The molecule has 0 aromatic heterocycles. The van der Waals surface area contributed by atoms with Gasteiger partial charge in [-0.05, 0) is 25.5 Å². The van der Waals surface area contributed by atoms with Crippen LogP contribution in [0, 0.1) is 5.92 Å². The zero-order valence-corrected chi connectivity index (χ0v) is 11.1. The minimum atomic E-state index is -1.20. The number of nitrogens with zero attached hydrogens (tertiary/aromatic N) is 1. The lowest BCUT2D eigenvalue weighted by atomic mass is 10.1. The molecule has 1 aromatic rings. The van der Waals surface area contributed by atoms with Crippen LogP contribution < -0.4 is 10.2 Å². The molecule has 0 spiro atoms. The van der Waals surface area contributed by atoms with E-state index in [9.17, 15) is 14.4 Å². The zero-order chi connectivity index (χ0) is 14.7. The Bertz CT molecular complexity index is 529. The highest BCUT2D eigenvalue weighted by Gasteiger charge is 2.35. The van der Waals surface area contributed by atoms with Gasteiger partial charge in [0.15, 0.2) is 0 Å². The Morgan fingerprint density at radius 2 is 2.00 bits per heavy atom. The molecule has 2 unspecified atom stereocenters. The first-order valence-electron chi connectivity index (χ1n) is 6.40. The molecule has 2 N–H and O–H groups in total. The van der Waals surface area contributed by atoms with Gasteiger partial charge in [-0.3, -0.25) is 14.4 Å². The van der Waals surface area contributed by atoms with Crippen LogP contribution in [-0.4, -0.2) is 35.5 Å². The standard InChI is InChI=1S/C14H16N2O4/c1-9(14(19)20)12(17)15-11-7-8-16(13(11)18)10-5-3-2-4-6-10/h2-6,9,11H,7-8H2,1H3,(H,15,17)(H,19,20). The molecule has 6 heteroatoms. The van der Waals surface area contributed by atoms with E-state index in [0.717, 1.165) is 5.69 Å². The minimum absolute atomic E-state index is 0.206. The Labute approximate surface area is 116 Å². The number of benzene rings is 1. The van der Waals surface area contributed by atoms with Gasteiger partial charge in [-0.15, -0.1) is 0 Å². The van der Waals surface area contributed by atoms with E-state index in [1.807, 2.05) is 30.3 Å². The summed E-state index contributed by atoms with van der Waals surface area (Å²) < 4.78 is 0. The number of para-hydroxylation sites is 1. The summed E-state index contributed by atoms with van der Waals surface area (Å²) in [6.07, 6.45) is 0.478. The molecular weight excluding hydrogens is 260 g/mol. The van der Waals surface area contributed by atoms with Crippen LogP contribution >= 0.6 is 0 Å². The summed E-state index contributed by atoms with van der Waals surface area (Å²) in [5, 5.41) is 11.3. The Morgan fingerprint density at radius 3 is 2.60 bits per heavy atom. The van der Waals surface area contributed by atoms with Crippen molar-refractivity contribution in [2.24, 2.45) is 5.92 Å². The summed E-state index contributed by atoms with van der Waals surface area (Å²) in [4.78, 5) is 36.2. The molecule has 1 aliphatic rings. The van der Waals surface area contributed by atoms with Gasteiger partial charge in [0.1, 0.15) is 12.0 Å². The fourth-order valence-electron chi connectivity index (χ4n) is 2.09. The molecule has 2 amide bonds. The van der Waals surface area contributed by atoms with Gasteiger partial charge in [0.05, 0.1) is 0 Å². The van der Waals surface area contributed by atoms with Crippen molar-refractivity contribution in [2.75, 3.05) is 11.4 Å². The van der Waals surface area contributed by atoms with Crippen LogP contribution in [0.3, 0.4) is 0 Å². The predicted octanol–water partition coefficient (Wildman–Crippen LogP) is 0.629. The molecule has 2 rings (SSSR count). The van der Waals surface area contributed by atoms with E-state index in [1.54, 1.807) is 4.90 Å². The van der Waals surface area contributed by atoms with Gasteiger partial charge in [-0.1, -0.05) is 18.2 Å². The highest BCUT2D eigenvalue weighted by molar-refractivity contribution is 6.03. The number of hydrogen-bond acceptors (Lipinski definition) is 3. The second-order valence-electron chi connectivity index (χ2n) is 4.74. The van der Waals surface area contributed by atoms with Crippen molar-refractivity contribution < 1.29 is 19.5 Å². The summed E-state index contributed by atoms with van der Waals surface area (Å²) in [7, 11) is 0. The van der Waals surface area contributed by atoms with Gasteiger partial charge in [0.25, 0.3) is 0 Å². The molecule has 1 aromatic carbocycles. The topological polar surface area (TPSA) is 86.7 Å². The van der Waals surface area contributed by atoms with Gasteiger partial charge >= 0.3 is 5.97 Å². The van der Waals surface area contributed by atoms with Gasteiger partial charge in [-0.2, -0.15) is 0 Å². The number of rotatable bonds is 4. The molecule has 1 heterocycles. The molecule has 6 nitrogen and oxygen atoms in total. The largest absolute Gasteiger partial charge is 0.481 e. The lowest BCUT2D eigenvalue weighted by Crippen LogP contribution is -2.45. The van der Waals surface area contributed by atoms with E-state index in [4.69, 9.17) is 5.11 Å². The summed E-state index contributed by atoms with van der Waals surface area (Å²) in [5.74, 6) is -3.20. The number of nitrogens with one attached hydrogen (secondary N) is 1. The third kappa shape index (κ3) is 2.79. The normalized spacial score (nSPS) is 19.8. The molecule has 20 heavy (non-hydrogen) atoms. The second kappa shape index (κ2) is 5.73. The fourth-order valence-corrected chi connectivity index (χ4v) is 2.09. The summed E-state index contributed by atoms with van der Waals surface area (Å²) >= 11 is 0. The number of anilines is 1. The number of carbonyl (C=O) groups excluding carboxylic acids is 2. The van der Waals surface area contributed by atoms with Crippen LogP contribution in [0.15, 0.2) is 30.3 Å². The number of carboxylic acids is 1. The van der Waals surface area contributed by atoms with E-state index < -0.39 is 23.8 Å². The van der Waals surface area contributed by atoms with Crippen LogP contribution in [0.5, 0.6) is 0 Å². The predicted molar refractivity (Wildman–Crippen MR) is 72.1 cm³/mol. The molecule has 0 radical (unpaired) electrons. The van der Waals surface area contributed by atoms with Gasteiger partial charge in [0, 0.05) is 12.2 Å². The maximum atomic E-state index is 12.2.